The molecule has 0 heterocycles. The topological polar surface area (TPSA) is 61.0 Å². The van der Waals surface area contributed by atoms with Crippen molar-refractivity contribution in [3.05, 3.63) is 81.9 Å². The maximum absolute atomic E-state index is 6.52. The number of hydrogen-bond donors (Lipinski definition) is 2. The molecule has 0 atom stereocenters. The molecule has 3 rings (SSSR count). The Bertz CT molecular complexity index is 1930. The van der Waals surface area contributed by atoms with Crippen LogP contribution in [0.15, 0.2) is 48.5 Å². The summed E-state index contributed by atoms with van der Waals surface area (Å²) in [6, 6.07) is 16.9. The van der Waals surface area contributed by atoms with E-state index in [9.17, 15) is 0 Å². The Labute approximate surface area is 494 Å². The number of rotatable bonds is 52. The zero-order valence-corrected chi connectivity index (χ0v) is 52.8. The Morgan fingerprint density at radius 1 is 0.275 bits per heavy atom. The van der Waals surface area contributed by atoms with Crippen LogP contribution >= 0.6 is 0 Å². The summed E-state index contributed by atoms with van der Waals surface area (Å²) in [5, 5.41) is 6.84. The molecule has 0 saturated heterocycles. The highest BCUT2D eigenvalue weighted by Gasteiger charge is 2.12. The predicted molar refractivity (Wildman–Crippen MR) is 346 cm³/mol. The maximum Gasteiger partial charge on any atom is 0.135 e. The van der Waals surface area contributed by atoms with E-state index in [0.717, 1.165) is 82.1 Å². The second-order valence-corrected chi connectivity index (χ2v) is 23.2. The molecule has 0 amide bonds. The van der Waals surface area contributed by atoms with Gasteiger partial charge in [0, 0.05) is 24.2 Å². The highest BCUT2D eigenvalue weighted by Crippen LogP contribution is 2.28. The lowest BCUT2D eigenvalue weighted by molar-refractivity contribution is 0.295. The summed E-state index contributed by atoms with van der Waals surface area (Å²) in [7, 11) is 4.00. The van der Waals surface area contributed by atoms with Crippen LogP contribution in [-0.2, 0) is 13.1 Å². The van der Waals surface area contributed by atoms with Crippen molar-refractivity contribution in [2.75, 3.05) is 40.5 Å². The van der Waals surface area contributed by atoms with Gasteiger partial charge in [-0.2, -0.15) is 0 Å². The molecule has 0 unspecified atom stereocenters. The summed E-state index contributed by atoms with van der Waals surface area (Å²) in [5.74, 6) is 17.8. The highest BCUT2D eigenvalue weighted by atomic mass is 16.5. The summed E-state index contributed by atoms with van der Waals surface area (Å²) in [4.78, 5) is 0. The summed E-state index contributed by atoms with van der Waals surface area (Å²) in [6.45, 7) is 13.3. The molecule has 0 aliphatic carbocycles. The van der Waals surface area contributed by atoms with Crippen LogP contribution in [0.4, 0.5) is 0 Å². The fourth-order valence-corrected chi connectivity index (χ4v) is 10.6. The van der Waals surface area contributed by atoms with Crippen molar-refractivity contribution in [2.45, 2.75) is 298 Å². The fraction of sp³-hybridized carbons (Fsp3) is 0.703. The van der Waals surface area contributed by atoms with Crippen molar-refractivity contribution >= 4 is 0 Å². The summed E-state index contributed by atoms with van der Waals surface area (Å²) >= 11 is 0. The van der Waals surface area contributed by atoms with Gasteiger partial charge in [0.05, 0.1) is 37.6 Å². The predicted octanol–water partition coefficient (Wildman–Crippen LogP) is 21.1. The van der Waals surface area contributed by atoms with Crippen LogP contribution in [0.25, 0.3) is 0 Å². The molecule has 0 aliphatic heterocycles. The average Bonchev–Trinajstić information content (AvgIpc) is 3.47. The Kier molecular flexibility index (Phi) is 44.4. The number of ether oxygens (including phenoxy) is 4. The Morgan fingerprint density at radius 3 is 0.775 bits per heavy atom. The number of benzene rings is 3. The lowest BCUT2D eigenvalue weighted by atomic mass is 9.97. The highest BCUT2D eigenvalue weighted by molar-refractivity contribution is 5.59. The molecule has 0 aliphatic rings. The summed E-state index contributed by atoms with van der Waals surface area (Å²) in [5.41, 5.74) is 5.92. The van der Waals surface area contributed by atoms with Gasteiger partial charge in [0.1, 0.15) is 23.0 Å². The largest absolute Gasteiger partial charge is 0.494 e. The van der Waals surface area contributed by atoms with Gasteiger partial charge in [-0.05, 0) is 99.4 Å². The van der Waals surface area contributed by atoms with E-state index in [0.29, 0.717) is 39.5 Å². The Morgan fingerprint density at radius 2 is 0.512 bits per heavy atom. The summed E-state index contributed by atoms with van der Waals surface area (Å²) < 4.78 is 25.8. The molecule has 0 bridgehead atoms. The first-order valence-corrected chi connectivity index (χ1v) is 33.8. The standard InChI is InChI=1S/C74H120N2O4/c1-7-11-15-19-23-27-31-35-39-43-55-77-71-51-53-73(79-57-45-41-37-33-29-25-21-17-13-9-3)67(61-71)49-47-65-59-70(64-76-6)66(60-69(65)63-75-5)48-50-68-62-72(78-56-44-40-36-32-28-24-20-16-12-8-2)52-54-74(68)80-58-46-42-38-34-30-26-22-18-14-10-4/h51-54,59-62,75-76H,7-46,55-58,63-64H2,1-6H3. The first kappa shape index (κ1) is 70.2. The van der Waals surface area contributed by atoms with Crippen LogP contribution < -0.4 is 29.6 Å². The summed E-state index contributed by atoms with van der Waals surface area (Å²) in [6.07, 6.45) is 52.1. The van der Waals surface area contributed by atoms with Gasteiger partial charge in [0.15, 0.2) is 0 Å². The second kappa shape index (κ2) is 50.6. The molecule has 2 N–H and O–H groups in total. The van der Waals surface area contributed by atoms with Crippen molar-refractivity contribution < 1.29 is 18.9 Å². The van der Waals surface area contributed by atoms with Gasteiger partial charge in [-0.25, -0.2) is 0 Å². The SMILES string of the molecule is CCCCCCCCCCCCOc1ccc(OCCCCCCCCCCCC)c(C#Cc2cc(CNC)c(C#Cc3cc(OCCCCCCCCCCCC)ccc3OCCCCCCCCCCCC)cc2CNC)c1. The van der Waals surface area contributed by atoms with E-state index in [-0.39, 0.29) is 0 Å². The van der Waals surface area contributed by atoms with Gasteiger partial charge in [-0.3, -0.25) is 0 Å². The van der Waals surface area contributed by atoms with Crippen LogP contribution in [0, 0.1) is 23.7 Å². The van der Waals surface area contributed by atoms with E-state index in [1.165, 1.54) is 231 Å². The van der Waals surface area contributed by atoms with Crippen LogP contribution in [0.1, 0.15) is 318 Å². The fourth-order valence-electron chi connectivity index (χ4n) is 10.6. The van der Waals surface area contributed by atoms with Crippen molar-refractivity contribution in [3.63, 3.8) is 0 Å². The average molecular weight is 1100 g/mol. The number of hydrogen-bond acceptors (Lipinski definition) is 6. The molecule has 0 aromatic heterocycles. The first-order chi connectivity index (χ1) is 39.6. The lowest BCUT2D eigenvalue weighted by Crippen LogP contribution is -2.11. The molecule has 0 spiro atoms. The van der Waals surface area contributed by atoms with Gasteiger partial charge in [0.25, 0.3) is 0 Å². The van der Waals surface area contributed by atoms with Crippen LogP contribution in [0.3, 0.4) is 0 Å². The number of nitrogens with one attached hydrogen (secondary N) is 2. The third kappa shape index (κ3) is 35.0. The molecule has 0 radical (unpaired) electrons. The van der Waals surface area contributed by atoms with E-state index in [2.05, 4.69) is 111 Å². The molecular formula is C74H120N2O4. The molecule has 0 fully saturated rings. The molecule has 80 heavy (non-hydrogen) atoms. The van der Waals surface area contributed by atoms with E-state index >= 15 is 0 Å². The van der Waals surface area contributed by atoms with Crippen LogP contribution in [-0.4, -0.2) is 40.5 Å². The van der Waals surface area contributed by atoms with E-state index < -0.39 is 0 Å². The second-order valence-electron chi connectivity index (χ2n) is 23.2. The van der Waals surface area contributed by atoms with Crippen molar-refractivity contribution in [1.29, 1.82) is 0 Å². The Hall–Kier alpha value is -4.10. The van der Waals surface area contributed by atoms with Crippen molar-refractivity contribution in [3.8, 4) is 46.7 Å². The van der Waals surface area contributed by atoms with Gasteiger partial charge < -0.3 is 29.6 Å². The van der Waals surface area contributed by atoms with Crippen molar-refractivity contribution in [1.82, 2.24) is 10.6 Å². The van der Waals surface area contributed by atoms with Gasteiger partial charge in [-0.1, -0.05) is 283 Å². The van der Waals surface area contributed by atoms with Gasteiger partial charge in [0.2, 0.25) is 0 Å². The van der Waals surface area contributed by atoms with Gasteiger partial charge >= 0.3 is 0 Å². The van der Waals surface area contributed by atoms with Crippen LogP contribution in [0.5, 0.6) is 23.0 Å². The molecule has 450 valence electrons. The number of unbranched alkanes of at least 4 members (excludes halogenated alkanes) is 36. The van der Waals surface area contributed by atoms with E-state index in [1.807, 2.05) is 14.1 Å². The third-order valence-electron chi connectivity index (χ3n) is 15.7. The quantitative estimate of drug-likeness (QED) is 0.0434. The molecule has 3 aromatic rings. The minimum Gasteiger partial charge on any atom is -0.494 e. The Balaban J connectivity index is 1.81. The molecule has 3 aromatic carbocycles. The molecular weight excluding hydrogens is 981 g/mol. The maximum atomic E-state index is 6.52. The smallest absolute Gasteiger partial charge is 0.135 e. The molecule has 6 heteroatoms. The van der Waals surface area contributed by atoms with Crippen LogP contribution in [0.2, 0.25) is 0 Å². The van der Waals surface area contributed by atoms with E-state index in [4.69, 9.17) is 18.9 Å². The zero-order valence-electron chi connectivity index (χ0n) is 52.8. The van der Waals surface area contributed by atoms with E-state index in [1.54, 1.807) is 0 Å². The zero-order chi connectivity index (χ0) is 57.0. The molecule has 6 nitrogen and oxygen atoms in total. The van der Waals surface area contributed by atoms with Gasteiger partial charge in [-0.15, -0.1) is 0 Å². The first-order valence-electron chi connectivity index (χ1n) is 33.8. The third-order valence-corrected chi connectivity index (χ3v) is 15.7. The minimum atomic E-state index is 0.665. The minimum absolute atomic E-state index is 0.665. The normalized spacial score (nSPS) is 11.1. The molecule has 0 saturated carbocycles. The monoisotopic (exact) mass is 1100 g/mol. The lowest BCUT2D eigenvalue weighted by Gasteiger charge is -2.13. The van der Waals surface area contributed by atoms with Crippen molar-refractivity contribution in [2.24, 2.45) is 0 Å².